The monoisotopic (exact) mass is 432 g/mol. The molecule has 1 aliphatic rings. The van der Waals surface area contributed by atoms with Crippen molar-refractivity contribution >= 4 is 22.6 Å². The molecule has 4 aromatic heterocycles. The number of pyridine rings is 2. The molecule has 1 fully saturated rings. The van der Waals surface area contributed by atoms with Crippen molar-refractivity contribution in [1.82, 2.24) is 18.9 Å². The molecule has 32 heavy (non-hydrogen) atoms. The fourth-order valence-electron chi connectivity index (χ4n) is 4.29. The molecular formula is C25H25FN4O2. The third kappa shape index (κ3) is 3.28. The Morgan fingerprint density at radius 2 is 2.12 bits per heavy atom. The first-order valence-corrected chi connectivity index (χ1v) is 11.0. The number of imidazole rings is 1. The first-order chi connectivity index (χ1) is 15.5. The maximum absolute atomic E-state index is 14.8. The first kappa shape index (κ1) is 20.4. The standard InChI is InChI=1S/C25H25FN4O2/c1-4-6-11-29-20(12-16-9-10-17(5-2)27-24(16)29)22-23(15-7-8-15)30-14-19(26)18(25(31)32-3)13-21(30)28-22/h4,9-10,12-15H,1,5-8,11H2,2-3H3. The summed E-state index contributed by atoms with van der Waals surface area (Å²) in [5.74, 6) is -1.01. The molecule has 0 bridgehead atoms. The zero-order valence-corrected chi connectivity index (χ0v) is 18.3. The summed E-state index contributed by atoms with van der Waals surface area (Å²) in [6.45, 7) is 6.69. The van der Waals surface area contributed by atoms with E-state index in [1.165, 1.54) is 19.4 Å². The average Bonchev–Trinajstić information content (AvgIpc) is 3.48. The van der Waals surface area contributed by atoms with Gasteiger partial charge in [0.1, 0.15) is 22.6 Å². The number of ether oxygens (including phenoxy) is 1. The van der Waals surface area contributed by atoms with Crippen LogP contribution in [0.4, 0.5) is 4.39 Å². The van der Waals surface area contributed by atoms with E-state index in [2.05, 4.69) is 30.2 Å². The van der Waals surface area contributed by atoms with Crippen LogP contribution in [-0.2, 0) is 17.7 Å². The Kier molecular flexibility index (Phi) is 5.04. The van der Waals surface area contributed by atoms with Crippen molar-refractivity contribution in [1.29, 1.82) is 0 Å². The van der Waals surface area contributed by atoms with E-state index in [4.69, 9.17) is 14.7 Å². The molecule has 0 saturated heterocycles. The van der Waals surface area contributed by atoms with Crippen LogP contribution in [0.3, 0.4) is 0 Å². The third-order valence-corrected chi connectivity index (χ3v) is 6.08. The molecule has 0 spiro atoms. The molecule has 4 aromatic rings. The number of carbonyl (C=O) groups excluding carboxylic acids is 1. The molecule has 7 heteroatoms. The van der Waals surface area contributed by atoms with Crippen LogP contribution in [-0.4, -0.2) is 32.0 Å². The molecule has 6 nitrogen and oxygen atoms in total. The minimum Gasteiger partial charge on any atom is -0.465 e. The zero-order chi connectivity index (χ0) is 22.4. The highest BCUT2D eigenvalue weighted by molar-refractivity contribution is 5.91. The van der Waals surface area contributed by atoms with Gasteiger partial charge in [-0.2, -0.15) is 0 Å². The predicted octanol–water partition coefficient (Wildman–Crippen LogP) is 5.29. The fraction of sp³-hybridized carbons (Fsp3) is 0.320. The fourth-order valence-corrected chi connectivity index (χ4v) is 4.29. The smallest absolute Gasteiger partial charge is 0.341 e. The van der Waals surface area contributed by atoms with Crippen molar-refractivity contribution in [2.45, 2.75) is 45.1 Å². The lowest BCUT2D eigenvalue weighted by Crippen LogP contribution is -2.06. The maximum Gasteiger partial charge on any atom is 0.341 e. The third-order valence-electron chi connectivity index (χ3n) is 6.08. The Morgan fingerprint density at radius 1 is 1.31 bits per heavy atom. The second-order valence-corrected chi connectivity index (χ2v) is 8.20. The van der Waals surface area contributed by atoms with Gasteiger partial charge in [0, 0.05) is 29.7 Å². The summed E-state index contributed by atoms with van der Waals surface area (Å²) < 4.78 is 23.5. The largest absolute Gasteiger partial charge is 0.465 e. The van der Waals surface area contributed by atoms with Crippen LogP contribution in [0, 0.1) is 5.82 Å². The van der Waals surface area contributed by atoms with Crippen LogP contribution in [0.1, 0.15) is 53.8 Å². The first-order valence-electron chi connectivity index (χ1n) is 11.0. The summed E-state index contributed by atoms with van der Waals surface area (Å²) in [6.07, 6.45) is 6.97. The predicted molar refractivity (Wildman–Crippen MR) is 121 cm³/mol. The highest BCUT2D eigenvalue weighted by atomic mass is 19.1. The lowest BCUT2D eigenvalue weighted by Gasteiger charge is -2.10. The van der Waals surface area contributed by atoms with E-state index in [9.17, 15) is 9.18 Å². The molecule has 0 unspecified atom stereocenters. The summed E-state index contributed by atoms with van der Waals surface area (Å²) in [5.41, 5.74) is 5.12. The van der Waals surface area contributed by atoms with Gasteiger partial charge < -0.3 is 13.7 Å². The van der Waals surface area contributed by atoms with E-state index >= 15 is 0 Å². The van der Waals surface area contributed by atoms with Crippen LogP contribution in [0.15, 0.2) is 43.1 Å². The van der Waals surface area contributed by atoms with E-state index in [0.717, 1.165) is 66.0 Å². The lowest BCUT2D eigenvalue weighted by molar-refractivity contribution is 0.0595. The Balaban J connectivity index is 1.77. The van der Waals surface area contributed by atoms with Gasteiger partial charge in [-0.05, 0) is 49.9 Å². The summed E-state index contributed by atoms with van der Waals surface area (Å²) in [4.78, 5) is 21.8. The Morgan fingerprint density at radius 3 is 2.81 bits per heavy atom. The summed E-state index contributed by atoms with van der Waals surface area (Å²) in [6, 6.07) is 7.72. The molecule has 5 rings (SSSR count). The van der Waals surface area contributed by atoms with Gasteiger partial charge in [0.2, 0.25) is 0 Å². The molecule has 0 N–H and O–H groups in total. The normalized spacial score (nSPS) is 13.7. The van der Waals surface area contributed by atoms with Crippen molar-refractivity contribution < 1.29 is 13.9 Å². The van der Waals surface area contributed by atoms with Crippen LogP contribution in [0.25, 0.3) is 28.1 Å². The van der Waals surface area contributed by atoms with Gasteiger partial charge in [0.25, 0.3) is 0 Å². The number of esters is 1. The number of methoxy groups -OCH3 is 1. The molecule has 4 heterocycles. The summed E-state index contributed by atoms with van der Waals surface area (Å²) in [5, 5.41) is 1.04. The quantitative estimate of drug-likeness (QED) is 0.294. The Labute approximate surface area is 185 Å². The van der Waals surface area contributed by atoms with Crippen LogP contribution < -0.4 is 0 Å². The molecule has 164 valence electrons. The van der Waals surface area contributed by atoms with Gasteiger partial charge in [0.15, 0.2) is 5.82 Å². The van der Waals surface area contributed by atoms with E-state index < -0.39 is 11.8 Å². The molecule has 0 aliphatic heterocycles. The molecule has 0 radical (unpaired) electrons. The van der Waals surface area contributed by atoms with E-state index in [1.54, 1.807) is 4.40 Å². The topological polar surface area (TPSA) is 61.4 Å². The number of aryl methyl sites for hydroxylation is 2. The second kappa shape index (κ2) is 7.89. The maximum atomic E-state index is 14.8. The van der Waals surface area contributed by atoms with Gasteiger partial charge in [-0.3, -0.25) is 0 Å². The number of allylic oxidation sites excluding steroid dienone is 1. The van der Waals surface area contributed by atoms with Crippen molar-refractivity contribution in [3.63, 3.8) is 0 Å². The number of hydrogen-bond acceptors (Lipinski definition) is 4. The molecular weight excluding hydrogens is 407 g/mol. The Hall–Kier alpha value is -3.48. The van der Waals surface area contributed by atoms with Crippen molar-refractivity contribution in [2.24, 2.45) is 0 Å². The molecule has 0 amide bonds. The van der Waals surface area contributed by atoms with Gasteiger partial charge in [-0.1, -0.05) is 13.0 Å². The van der Waals surface area contributed by atoms with E-state index in [0.29, 0.717) is 11.6 Å². The number of halogens is 1. The minimum absolute atomic E-state index is 0.111. The highest BCUT2D eigenvalue weighted by Crippen LogP contribution is 2.45. The molecule has 0 aromatic carbocycles. The lowest BCUT2D eigenvalue weighted by atomic mass is 10.1. The van der Waals surface area contributed by atoms with Gasteiger partial charge in [0.05, 0.1) is 18.5 Å². The number of nitrogens with zero attached hydrogens (tertiary/aromatic N) is 4. The Bertz CT molecular complexity index is 1360. The van der Waals surface area contributed by atoms with E-state index in [1.807, 2.05) is 12.1 Å². The number of aromatic nitrogens is 4. The highest BCUT2D eigenvalue weighted by Gasteiger charge is 2.33. The number of hydrogen-bond donors (Lipinski definition) is 0. The number of rotatable bonds is 7. The van der Waals surface area contributed by atoms with Crippen molar-refractivity contribution in [3.05, 3.63) is 65.9 Å². The average molecular weight is 432 g/mol. The SMILES string of the molecule is C=CCCn1c(-c2nc3cc(C(=O)OC)c(F)cn3c2C2CC2)cc2ccc(CC)nc21. The summed E-state index contributed by atoms with van der Waals surface area (Å²) in [7, 11) is 1.24. The van der Waals surface area contributed by atoms with E-state index in [-0.39, 0.29) is 5.56 Å². The minimum atomic E-state index is -0.709. The van der Waals surface area contributed by atoms with Crippen molar-refractivity contribution in [3.8, 4) is 11.4 Å². The van der Waals surface area contributed by atoms with Crippen molar-refractivity contribution in [2.75, 3.05) is 7.11 Å². The van der Waals surface area contributed by atoms with Gasteiger partial charge in [-0.25, -0.2) is 19.2 Å². The van der Waals surface area contributed by atoms with Crippen LogP contribution in [0.5, 0.6) is 0 Å². The molecule has 1 saturated carbocycles. The van der Waals surface area contributed by atoms with Gasteiger partial charge >= 0.3 is 5.97 Å². The molecule has 0 atom stereocenters. The zero-order valence-electron chi connectivity index (χ0n) is 18.3. The number of fused-ring (bicyclic) bond motifs is 2. The summed E-state index contributed by atoms with van der Waals surface area (Å²) >= 11 is 0. The number of carbonyl (C=O) groups is 1. The van der Waals surface area contributed by atoms with Gasteiger partial charge in [-0.15, -0.1) is 6.58 Å². The van der Waals surface area contributed by atoms with Crippen LogP contribution >= 0.6 is 0 Å². The molecule has 1 aliphatic carbocycles. The second-order valence-electron chi connectivity index (χ2n) is 8.20. The van der Waals surface area contributed by atoms with Crippen LogP contribution in [0.2, 0.25) is 0 Å².